The van der Waals surface area contributed by atoms with E-state index in [1.165, 1.54) is 0 Å². The van der Waals surface area contributed by atoms with E-state index in [0.29, 0.717) is 19.4 Å². The van der Waals surface area contributed by atoms with E-state index in [1.54, 1.807) is 19.0 Å². The number of hydrogen-bond donors (Lipinski definition) is 5. The average Bonchev–Trinajstić information content (AvgIpc) is 2.16. The molecule has 102 valence electrons. The molecule has 0 aliphatic rings. The Balaban J connectivity index is 0. The maximum atomic E-state index is 10.7. The van der Waals surface area contributed by atoms with Crippen LogP contribution in [0, 0.1) is 5.41 Å². The Morgan fingerprint density at radius 1 is 1.47 bits per heavy atom. The second-order valence-electron chi connectivity index (χ2n) is 3.80. The van der Waals surface area contributed by atoms with Crippen LogP contribution in [0.15, 0.2) is 0 Å². The molecule has 7 nitrogen and oxygen atoms in total. The molecular formula is C10H25N5O2. The minimum Gasteiger partial charge on any atom is -0.480 e. The zero-order valence-corrected chi connectivity index (χ0v) is 11.1. The van der Waals surface area contributed by atoms with Crippen molar-refractivity contribution in [3.63, 3.8) is 0 Å². The first kappa shape index (κ1) is 18.0. The zero-order valence-electron chi connectivity index (χ0n) is 11.1. The highest BCUT2D eigenvalue weighted by Gasteiger charge is 2.18. The minimum atomic E-state index is -0.821. The normalized spacial score (nSPS) is 11.4. The van der Waals surface area contributed by atoms with Crippen molar-refractivity contribution >= 4 is 11.9 Å². The fourth-order valence-corrected chi connectivity index (χ4v) is 1.12. The van der Waals surface area contributed by atoms with E-state index in [4.69, 9.17) is 16.2 Å². The van der Waals surface area contributed by atoms with Crippen molar-refractivity contribution in [3.8, 4) is 0 Å². The molecule has 1 unspecified atom stereocenters. The molecular weight excluding hydrogens is 222 g/mol. The van der Waals surface area contributed by atoms with Crippen molar-refractivity contribution in [1.29, 1.82) is 5.41 Å². The van der Waals surface area contributed by atoms with Gasteiger partial charge >= 0.3 is 5.97 Å². The van der Waals surface area contributed by atoms with Gasteiger partial charge < -0.3 is 21.5 Å². The van der Waals surface area contributed by atoms with Crippen LogP contribution in [-0.4, -0.2) is 62.7 Å². The van der Waals surface area contributed by atoms with Crippen molar-refractivity contribution in [2.75, 3.05) is 34.7 Å². The lowest BCUT2D eigenvalue weighted by Crippen LogP contribution is -2.37. The molecule has 0 aliphatic heterocycles. The van der Waals surface area contributed by atoms with Crippen LogP contribution >= 0.6 is 0 Å². The molecule has 0 fully saturated rings. The number of aliphatic carboxylic acids is 1. The summed E-state index contributed by atoms with van der Waals surface area (Å²) in [4.78, 5) is 12.4. The Bertz CT molecular complexity index is 221. The Morgan fingerprint density at radius 3 is 2.24 bits per heavy atom. The van der Waals surface area contributed by atoms with Crippen molar-refractivity contribution in [3.05, 3.63) is 0 Å². The fraction of sp³-hybridized carbons (Fsp3) is 0.800. The Hall–Kier alpha value is -1.34. The molecule has 1 atom stereocenters. The second kappa shape index (κ2) is 11.2. The van der Waals surface area contributed by atoms with Gasteiger partial charge in [0.1, 0.15) is 6.04 Å². The lowest BCUT2D eigenvalue weighted by Gasteiger charge is -2.19. The molecule has 7 heteroatoms. The number of likely N-dealkylation sites (N-methyl/N-ethyl adjacent to an activating group) is 1. The lowest BCUT2D eigenvalue weighted by atomic mass is 10.1. The summed E-state index contributed by atoms with van der Waals surface area (Å²) >= 11 is 0. The van der Waals surface area contributed by atoms with Gasteiger partial charge in [-0.15, -0.1) is 0 Å². The van der Waals surface area contributed by atoms with Crippen LogP contribution in [0.25, 0.3) is 0 Å². The van der Waals surface area contributed by atoms with Gasteiger partial charge in [0.25, 0.3) is 0 Å². The molecule has 0 aromatic carbocycles. The predicted molar refractivity (Wildman–Crippen MR) is 69.2 cm³/mol. The standard InChI is InChI=1S/C8H18N4O2.C2H7N/c1-12(2)6(7(13)14)4-3-5-11-8(9)10;1-3-2/h6H,3-5H2,1-2H3,(H,13,14)(H4,9,10,11);3H,1-2H3. The van der Waals surface area contributed by atoms with Crippen LogP contribution in [-0.2, 0) is 4.79 Å². The van der Waals surface area contributed by atoms with E-state index in [1.807, 2.05) is 14.1 Å². The third-order valence-corrected chi connectivity index (χ3v) is 1.88. The molecule has 0 heterocycles. The van der Waals surface area contributed by atoms with Crippen molar-refractivity contribution < 1.29 is 9.90 Å². The van der Waals surface area contributed by atoms with Gasteiger partial charge in [-0.05, 0) is 41.0 Å². The summed E-state index contributed by atoms with van der Waals surface area (Å²) in [5.41, 5.74) is 5.07. The molecule has 6 N–H and O–H groups in total. The molecule has 0 aromatic rings. The molecule has 0 saturated carbocycles. The molecule has 0 saturated heterocycles. The third kappa shape index (κ3) is 12.6. The second-order valence-corrected chi connectivity index (χ2v) is 3.80. The maximum Gasteiger partial charge on any atom is 0.320 e. The Morgan fingerprint density at radius 2 is 1.94 bits per heavy atom. The summed E-state index contributed by atoms with van der Waals surface area (Å²) < 4.78 is 0. The molecule has 0 radical (unpaired) electrons. The van der Waals surface area contributed by atoms with Gasteiger partial charge in [0.05, 0.1) is 0 Å². The molecule has 0 rings (SSSR count). The van der Waals surface area contributed by atoms with Crippen molar-refractivity contribution in [2.24, 2.45) is 5.73 Å². The van der Waals surface area contributed by atoms with Crippen LogP contribution < -0.4 is 16.4 Å². The Labute approximate surface area is 103 Å². The quantitative estimate of drug-likeness (QED) is 0.236. The summed E-state index contributed by atoms with van der Waals surface area (Å²) in [6, 6.07) is -0.469. The van der Waals surface area contributed by atoms with Gasteiger partial charge in [0.2, 0.25) is 0 Å². The number of nitrogens with zero attached hydrogens (tertiary/aromatic N) is 1. The van der Waals surface area contributed by atoms with E-state index >= 15 is 0 Å². The van der Waals surface area contributed by atoms with E-state index in [0.717, 1.165) is 0 Å². The lowest BCUT2D eigenvalue weighted by molar-refractivity contribution is -0.142. The SMILES string of the molecule is CN(C)C(CCCNC(=N)N)C(=O)O.CNC. The number of carboxylic acid groups (broad SMARTS) is 1. The van der Waals surface area contributed by atoms with Crippen LogP contribution in [0.1, 0.15) is 12.8 Å². The van der Waals surface area contributed by atoms with Gasteiger partial charge in [-0.1, -0.05) is 0 Å². The summed E-state index contributed by atoms with van der Waals surface area (Å²) in [7, 11) is 7.22. The van der Waals surface area contributed by atoms with Crippen molar-refractivity contribution in [1.82, 2.24) is 15.5 Å². The predicted octanol–water partition coefficient (Wildman–Crippen LogP) is -0.900. The van der Waals surface area contributed by atoms with Crippen LogP contribution in [0.5, 0.6) is 0 Å². The highest BCUT2D eigenvalue weighted by Crippen LogP contribution is 2.02. The highest BCUT2D eigenvalue weighted by molar-refractivity contribution is 5.74. The molecule has 17 heavy (non-hydrogen) atoms. The van der Waals surface area contributed by atoms with Gasteiger partial charge in [-0.3, -0.25) is 15.1 Å². The molecule has 0 aromatic heterocycles. The van der Waals surface area contributed by atoms with E-state index in [2.05, 4.69) is 10.6 Å². The Kier molecular flexibility index (Phi) is 11.8. The number of guanidine groups is 1. The zero-order chi connectivity index (χ0) is 13.8. The highest BCUT2D eigenvalue weighted by atomic mass is 16.4. The van der Waals surface area contributed by atoms with Crippen LogP contribution in [0.3, 0.4) is 0 Å². The summed E-state index contributed by atoms with van der Waals surface area (Å²) in [6.07, 6.45) is 1.22. The van der Waals surface area contributed by atoms with Crippen LogP contribution in [0.4, 0.5) is 0 Å². The summed E-state index contributed by atoms with van der Waals surface area (Å²) in [5, 5.41) is 21.1. The first-order chi connectivity index (χ1) is 7.86. The third-order valence-electron chi connectivity index (χ3n) is 1.88. The number of carbonyl (C=O) groups is 1. The van der Waals surface area contributed by atoms with Crippen LogP contribution in [0.2, 0.25) is 0 Å². The molecule has 0 aliphatic carbocycles. The first-order valence-electron chi connectivity index (χ1n) is 5.42. The topological polar surface area (TPSA) is 114 Å². The largest absolute Gasteiger partial charge is 0.480 e. The number of nitrogens with one attached hydrogen (secondary N) is 3. The van der Waals surface area contributed by atoms with Gasteiger partial charge in [-0.25, -0.2) is 0 Å². The smallest absolute Gasteiger partial charge is 0.320 e. The number of hydrogen-bond acceptors (Lipinski definition) is 4. The number of carboxylic acids is 1. The van der Waals surface area contributed by atoms with Gasteiger partial charge in [0.15, 0.2) is 5.96 Å². The average molecular weight is 247 g/mol. The number of rotatable bonds is 6. The van der Waals surface area contributed by atoms with E-state index in [-0.39, 0.29) is 5.96 Å². The monoisotopic (exact) mass is 247 g/mol. The minimum absolute atomic E-state index is 0.0817. The maximum absolute atomic E-state index is 10.7. The molecule has 0 amide bonds. The van der Waals surface area contributed by atoms with E-state index in [9.17, 15) is 4.79 Å². The summed E-state index contributed by atoms with van der Waals surface area (Å²) in [6.45, 7) is 0.535. The van der Waals surface area contributed by atoms with Crippen molar-refractivity contribution in [2.45, 2.75) is 18.9 Å². The van der Waals surface area contributed by atoms with Gasteiger partial charge in [0, 0.05) is 6.54 Å². The summed E-state index contributed by atoms with van der Waals surface area (Å²) in [5.74, 6) is -0.903. The number of nitrogens with two attached hydrogens (primary N) is 1. The van der Waals surface area contributed by atoms with Gasteiger partial charge in [-0.2, -0.15) is 0 Å². The van der Waals surface area contributed by atoms with E-state index < -0.39 is 12.0 Å². The first-order valence-corrected chi connectivity index (χ1v) is 5.42. The molecule has 0 spiro atoms. The molecule has 0 bridgehead atoms. The fourth-order valence-electron chi connectivity index (χ4n) is 1.12.